The van der Waals surface area contributed by atoms with Crippen molar-refractivity contribution in [1.29, 1.82) is 0 Å². The fraction of sp³-hybridized carbons (Fsp3) is 0.300. The molecule has 0 aliphatic carbocycles. The van der Waals surface area contributed by atoms with E-state index in [2.05, 4.69) is 4.98 Å². The van der Waals surface area contributed by atoms with E-state index in [0.717, 1.165) is 10.5 Å². The van der Waals surface area contributed by atoms with Crippen LogP contribution in [-0.4, -0.2) is 10.8 Å². The molecule has 0 N–H and O–H groups in total. The van der Waals surface area contributed by atoms with Crippen molar-refractivity contribution < 1.29 is 9.36 Å². The smallest absolute Gasteiger partial charge is 0.206 e. The first-order chi connectivity index (χ1) is 6.65. The van der Waals surface area contributed by atoms with E-state index in [0.29, 0.717) is 6.54 Å². The van der Waals surface area contributed by atoms with Gasteiger partial charge in [0.1, 0.15) is 5.52 Å². The van der Waals surface area contributed by atoms with Crippen LogP contribution in [-0.2, 0) is 11.3 Å². The third-order valence-electron chi connectivity index (χ3n) is 1.90. The lowest BCUT2D eigenvalue weighted by Crippen LogP contribution is -2.36. The first-order valence-corrected chi connectivity index (χ1v) is 5.22. The quantitative estimate of drug-likeness (QED) is 0.699. The molecule has 3 nitrogen and oxygen atoms in total. The van der Waals surface area contributed by atoms with E-state index in [1.54, 1.807) is 18.3 Å². The summed E-state index contributed by atoms with van der Waals surface area (Å²) in [6, 6.07) is 2.00. The molecule has 0 amide bonds. The van der Waals surface area contributed by atoms with Gasteiger partial charge in [-0.2, -0.15) is 4.57 Å². The first-order valence-electron chi connectivity index (χ1n) is 4.41. The zero-order valence-electron chi connectivity index (χ0n) is 8.15. The molecular formula is C10H11N2OS+. The molecule has 0 saturated carbocycles. The Hall–Kier alpha value is -1.29. The molecule has 0 aromatic carbocycles. The molecule has 14 heavy (non-hydrogen) atoms. The average Bonchev–Trinajstić information content (AvgIpc) is 2.42. The van der Waals surface area contributed by atoms with Crippen LogP contribution in [0.3, 0.4) is 0 Å². The predicted octanol–water partition coefficient (Wildman–Crippen LogP) is 1.48. The lowest BCUT2D eigenvalue weighted by Gasteiger charge is -1.91. The van der Waals surface area contributed by atoms with Crippen LogP contribution in [0.15, 0.2) is 18.5 Å². The van der Waals surface area contributed by atoms with E-state index >= 15 is 0 Å². The molecule has 0 fully saturated rings. The number of pyridine rings is 1. The summed E-state index contributed by atoms with van der Waals surface area (Å²) in [6.07, 6.45) is 3.83. The predicted molar refractivity (Wildman–Crippen MR) is 55.2 cm³/mol. The Morgan fingerprint density at radius 2 is 2.43 bits per heavy atom. The third-order valence-corrected chi connectivity index (χ3v) is 2.85. The van der Waals surface area contributed by atoms with Crippen molar-refractivity contribution in [3.63, 3.8) is 0 Å². The van der Waals surface area contributed by atoms with Gasteiger partial charge in [-0.1, -0.05) is 0 Å². The van der Waals surface area contributed by atoms with Gasteiger partial charge >= 0.3 is 0 Å². The second kappa shape index (κ2) is 3.46. The van der Waals surface area contributed by atoms with Crippen LogP contribution in [0, 0.1) is 6.92 Å². The summed E-state index contributed by atoms with van der Waals surface area (Å²) in [7, 11) is 0. The summed E-state index contributed by atoms with van der Waals surface area (Å²) in [5.74, 6) is 0.154. The van der Waals surface area contributed by atoms with Crippen molar-refractivity contribution in [3.8, 4) is 0 Å². The van der Waals surface area contributed by atoms with Gasteiger partial charge in [0.2, 0.25) is 6.54 Å². The third kappa shape index (κ3) is 1.80. The number of thiazole rings is 1. The largest absolute Gasteiger partial charge is 0.293 e. The number of aryl methyl sites for hydroxylation is 1. The molecule has 0 radical (unpaired) electrons. The van der Waals surface area contributed by atoms with Crippen molar-refractivity contribution in [2.24, 2.45) is 0 Å². The van der Waals surface area contributed by atoms with Crippen LogP contribution < -0.4 is 4.57 Å². The zero-order valence-corrected chi connectivity index (χ0v) is 8.97. The normalized spacial score (nSPS) is 10.7. The van der Waals surface area contributed by atoms with Crippen LogP contribution in [0.1, 0.15) is 11.9 Å². The molecule has 0 aliphatic rings. The van der Waals surface area contributed by atoms with Gasteiger partial charge in [0, 0.05) is 13.0 Å². The van der Waals surface area contributed by atoms with Gasteiger partial charge < -0.3 is 0 Å². The number of hydrogen-bond acceptors (Lipinski definition) is 3. The highest BCUT2D eigenvalue weighted by Gasteiger charge is 2.08. The standard InChI is InChI=1S/C10H11N2OS/c1-7(13)5-12-4-3-10-9(6-12)11-8(2)14-10/h3-4,6H,5H2,1-2H3/q+1. The molecule has 4 heteroatoms. The maximum absolute atomic E-state index is 10.9. The lowest BCUT2D eigenvalue weighted by molar-refractivity contribution is -0.682. The zero-order chi connectivity index (χ0) is 10.1. The van der Waals surface area contributed by atoms with Crippen molar-refractivity contribution >= 4 is 27.3 Å². The average molecular weight is 207 g/mol. The van der Waals surface area contributed by atoms with E-state index < -0.39 is 0 Å². The molecule has 2 aromatic rings. The number of Topliss-reactive ketones (excluding diaryl/α,β-unsaturated/α-hetero) is 1. The monoisotopic (exact) mass is 207 g/mol. The molecule has 2 rings (SSSR count). The topological polar surface area (TPSA) is 33.8 Å². The Labute approximate surface area is 86.0 Å². The summed E-state index contributed by atoms with van der Waals surface area (Å²) in [6.45, 7) is 4.00. The number of carbonyl (C=O) groups excluding carboxylic acids is 1. The molecular weight excluding hydrogens is 196 g/mol. The number of ketones is 1. The van der Waals surface area contributed by atoms with Crippen LogP contribution in [0.2, 0.25) is 0 Å². The molecule has 0 aliphatic heterocycles. The van der Waals surface area contributed by atoms with Gasteiger partial charge in [-0.25, -0.2) is 4.98 Å². The minimum Gasteiger partial charge on any atom is -0.293 e. The van der Waals surface area contributed by atoms with Gasteiger partial charge in [-0.3, -0.25) is 4.79 Å². The Balaban J connectivity index is 2.45. The van der Waals surface area contributed by atoms with E-state index in [4.69, 9.17) is 0 Å². The number of aromatic nitrogens is 2. The lowest BCUT2D eigenvalue weighted by atomic mass is 10.4. The number of hydrogen-bond donors (Lipinski definition) is 0. The number of fused-ring (bicyclic) bond motifs is 1. The molecule has 72 valence electrons. The summed E-state index contributed by atoms with van der Waals surface area (Å²) < 4.78 is 3.03. The Kier molecular flexibility index (Phi) is 2.29. The number of nitrogens with zero attached hydrogens (tertiary/aromatic N) is 2. The van der Waals surface area contributed by atoms with E-state index in [1.165, 1.54) is 4.70 Å². The van der Waals surface area contributed by atoms with E-state index in [1.807, 2.05) is 30.0 Å². The maximum atomic E-state index is 10.9. The second-order valence-corrected chi connectivity index (χ2v) is 4.54. The number of carbonyl (C=O) groups is 1. The molecule has 0 unspecified atom stereocenters. The fourth-order valence-corrected chi connectivity index (χ4v) is 2.18. The van der Waals surface area contributed by atoms with Gasteiger partial charge in [0.15, 0.2) is 18.2 Å². The highest BCUT2D eigenvalue weighted by atomic mass is 32.1. The fourth-order valence-electron chi connectivity index (χ4n) is 1.39. The van der Waals surface area contributed by atoms with Crippen LogP contribution in [0.25, 0.3) is 10.2 Å². The van der Waals surface area contributed by atoms with Gasteiger partial charge in [0.05, 0.1) is 9.71 Å². The van der Waals surface area contributed by atoms with Crippen molar-refractivity contribution in [3.05, 3.63) is 23.5 Å². The van der Waals surface area contributed by atoms with Crippen LogP contribution >= 0.6 is 11.3 Å². The van der Waals surface area contributed by atoms with Gasteiger partial charge in [-0.15, -0.1) is 11.3 Å². The highest BCUT2D eigenvalue weighted by Crippen LogP contribution is 2.18. The van der Waals surface area contributed by atoms with Crippen LogP contribution in [0.4, 0.5) is 0 Å². The molecule has 2 heterocycles. The maximum Gasteiger partial charge on any atom is 0.206 e. The van der Waals surface area contributed by atoms with Crippen molar-refractivity contribution in [2.45, 2.75) is 20.4 Å². The van der Waals surface area contributed by atoms with Crippen molar-refractivity contribution in [2.75, 3.05) is 0 Å². The Morgan fingerprint density at radius 3 is 3.14 bits per heavy atom. The second-order valence-electron chi connectivity index (χ2n) is 3.30. The molecule has 0 spiro atoms. The summed E-state index contributed by atoms with van der Waals surface area (Å²) >= 11 is 1.67. The molecule has 0 saturated heterocycles. The van der Waals surface area contributed by atoms with E-state index in [9.17, 15) is 4.79 Å². The molecule has 0 bridgehead atoms. The number of rotatable bonds is 2. The summed E-state index contributed by atoms with van der Waals surface area (Å²) in [4.78, 5) is 15.3. The minimum absolute atomic E-state index is 0.154. The highest BCUT2D eigenvalue weighted by molar-refractivity contribution is 7.18. The summed E-state index contributed by atoms with van der Waals surface area (Å²) in [5, 5.41) is 1.06. The van der Waals surface area contributed by atoms with Crippen molar-refractivity contribution in [1.82, 2.24) is 4.98 Å². The first kappa shape index (κ1) is 9.27. The van der Waals surface area contributed by atoms with E-state index in [-0.39, 0.29) is 5.78 Å². The SMILES string of the molecule is CC(=O)C[n+]1ccc2sc(C)nc2c1. The Morgan fingerprint density at radius 1 is 1.64 bits per heavy atom. The Bertz CT molecular complexity index is 490. The van der Waals surface area contributed by atoms with Gasteiger partial charge in [0.25, 0.3) is 0 Å². The molecule has 0 atom stereocenters. The molecule has 2 aromatic heterocycles. The van der Waals surface area contributed by atoms with Gasteiger partial charge in [-0.05, 0) is 6.92 Å². The van der Waals surface area contributed by atoms with Crippen LogP contribution in [0.5, 0.6) is 0 Å². The summed E-state index contributed by atoms with van der Waals surface area (Å²) in [5.41, 5.74) is 0.969. The minimum atomic E-state index is 0.154.